The number of nitrogens with one attached hydrogen (secondary N) is 2. The Bertz CT molecular complexity index is 835. The van der Waals surface area contributed by atoms with Crippen molar-refractivity contribution in [3.8, 4) is 0 Å². The summed E-state index contributed by atoms with van der Waals surface area (Å²) in [7, 11) is -6.93. The zero-order valence-corrected chi connectivity index (χ0v) is 16.6. The Labute approximate surface area is 155 Å². The molecule has 0 aromatic heterocycles. The van der Waals surface area contributed by atoms with Crippen LogP contribution in [0.5, 0.6) is 0 Å². The van der Waals surface area contributed by atoms with Crippen LogP contribution in [0.3, 0.4) is 0 Å². The van der Waals surface area contributed by atoms with Crippen LogP contribution in [0.4, 0.5) is 0 Å². The molecular formula is C16H25N3O5S2. The molecule has 1 heterocycles. The van der Waals surface area contributed by atoms with Crippen LogP contribution in [0.2, 0.25) is 0 Å². The lowest BCUT2D eigenvalue weighted by molar-refractivity contribution is -0.126. The second-order valence-electron chi connectivity index (χ2n) is 6.46. The van der Waals surface area contributed by atoms with E-state index >= 15 is 0 Å². The number of amides is 1. The largest absolute Gasteiger partial charge is 0.355 e. The molecule has 1 fully saturated rings. The molecule has 0 spiro atoms. The molecule has 0 unspecified atom stereocenters. The fourth-order valence-electron chi connectivity index (χ4n) is 2.77. The number of piperidine rings is 1. The summed E-state index contributed by atoms with van der Waals surface area (Å²) in [6, 6.07) is 6.48. The van der Waals surface area contributed by atoms with Gasteiger partial charge in [-0.15, -0.1) is 0 Å². The molecule has 0 radical (unpaired) electrons. The molecule has 1 aromatic rings. The average molecular weight is 404 g/mol. The molecule has 26 heavy (non-hydrogen) atoms. The third-order valence-electron chi connectivity index (χ3n) is 4.27. The van der Waals surface area contributed by atoms with Crippen LogP contribution >= 0.6 is 0 Å². The summed E-state index contributed by atoms with van der Waals surface area (Å²) in [6.07, 6.45) is 2.38. The lowest BCUT2D eigenvalue weighted by Crippen LogP contribution is -2.46. The minimum Gasteiger partial charge on any atom is -0.355 e. The van der Waals surface area contributed by atoms with Gasteiger partial charge in [-0.3, -0.25) is 4.79 Å². The SMILES string of the molecule is Cc1ccc(S(=O)(=O)NCCNC(=O)[C@H]2CCCN(S(C)(=O)=O)C2)cc1. The first kappa shape index (κ1) is 20.8. The van der Waals surface area contributed by atoms with E-state index in [0.717, 1.165) is 11.8 Å². The first-order valence-corrected chi connectivity index (χ1v) is 11.7. The zero-order valence-electron chi connectivity index (χ0n) is 14.9. The summed E-state index contributed by atoms with van der Waals surface area (Å²) in [4.78, 5) is 12.4. The van der Waals surface area contributed by atoms with E-state index in [0.29, 0.717) is 19.4 Å². The van der Waals surface area contributed by atoms with Crippen LogP contribution < -0.4 is 10.0 Å². The van der Waals surface area contributed by atoms with Gasteiger partial charge in [0.05, 0.1) is 17.1 Å². The number of sulfonamides is 2. The highest BCUT2D eigenvalue weighted by Gasteiger charge is 2.29. The van der Waals surface area contributed by atoms with E-state index in [9.17, 15) is 21.6 Å². The van der Waals surface area contributed by atoms with Crippen molar-refractivity contribution in [1.29, 1.82) is 0 Å². The van der Waals surface area contributed by atoms with Gasteiger partial charge in [0.15, 0.2) is 0 Å². The van der Waals surface area contributed by atoms with E-state index in [1.165, 1.54) is 16.4 Å². The smallest absolute Gasteiger partial charge is 0.240 e. The monoisotopic (exact) mass is 403 g/mol. The first-order valence-electron chi connectivity index (χ1n) is 8.39. The van der Waals surface area contributed by atoms with Crippen molar-refractivity contribution in [3.63, 3.8) is 0 Å². The van der Waals surface area contributed by atoms with Crippen molar-refractivity contribution in [2.24, 2.45) is 5.92 Å². The third kappa shape index (κ3) is 5.76. The molecule has 1 amide bonds. The molecule has 1 saturated heterocycles. The molecule has 1 aliphatic rings. The first-order chi connectivity index (χ1) is 12.1. The molecule has 2 N–H and O–H groups in total. The Morgan fingerprint density at radius 1 is 1.15 bits per heavy atom. The highest BCUT2D eigenvalue weighted by molar-refractivity contribution is 7.89. The lowest BCUT2D eigenvalue weighted by atomic mass is 9.99. The zero-order chi connectivity index (χ0) is 19.4. The molecule has 1 aromatic carbocycles. The summed E-state index contributed by atoms with van der Waals surface area (Å²) < 4.78 is 51.2. The van der Waals surface area contributed by atoms with Crippen molar-refractivity contribution in [2.45, 2.75) is 24.7 Å². The van der Waals surface area contributed by atoms with E-state index in [1.54, 1.807) is 12.1 Å². The van der Waals surface area contributed by atoms with Gasteiger partial charge < -0.3 is 5.32 Å². The number of hydrogen-bond acceptors (Lipinski definition) is 5. The van der Waals surface area contributed by atoms with Crippen LogP contribution in [-0.4, -0.2) is 59.5 Å². The Morgan fingerprint density at radius 3 is 2.42 bits per heavy atom. The molecule has 0 bridgehead atoms. The van der Waals surface area contributed by atoms with E-state index in [1.807, 2.05) is 6.92 Å². The summed E-state index contributed by atoms with van der Waals surface area (Å²) in [5, 5.41) is 2.67. The van der Waals surface area contributed by atoms with Crippen LogP contribution in [-0.2, 0) is 24.8 Å². The predicted octanol–water partition coefficient (Wildman–Crippen LogP) is 0.0611. The van der Waals surface area contributed by atoms with Crippen molar-refractivity contribution in [3.05, 3.63) is 29.8 Å². The highest BCUT2D eigenvalue weighted by atomic mass is 32.2. The fraction of sp³-hybridized carbons (Fsp3) is 0.562. The van der Waals surface area contributed by atoms with Gasteiger partial charge in [0, 0.05) is 26.2 Å². The van der Waals surface area contributed by atoms with E-state index in [-0.39, 0.29) is 30.4 Å². The lowest BCUT2D eigenvalue weighted by Gasteiger charge is -2.30. The molecule has 1 atom stereocenters. The second kappa shape index (κ2) is 8.47. The predicted molar refractivity (Wildman–Crippen MR) is 98.5 cm³/mol. The highest BCUT2D eigenvalue weighted by Crippen LogP contribution is 2.18. The minimum atomic E-state index is -3.62. The van der Waals surface area contributed by atoms with Crippen molar-refractivity contribution < 1.29 is 21.6 Å². The molecule has 8 nitrogen and oxygen atoms in total. The molecular weight excluding hydrogens is 378 g/mol. The maximum Gasteiger partial charge on any atom is 0.240 e. The van der Waals surface area contributed by atoms with Crippen molar-refractivity contribution >= 4 is 26.0 Å². The minimum absolute atomic E-state index is 0.0600. The summed E-state index contributed by atoms with van der Waals surface area (Å²) in [5.41, 5.74) is 0.965. The fourth-order valence-corrected chi connectivity index (χ4v) is 4.72. The number of nitrogens with zero attached hydrogens (tertiary/aromatic N) is 1. The summed E-state index contributed by atoms with van der Waals surface area (Å²) in [5.74, 6) is -0.667. The van der Waals surface area contributed by atoms with Gasteiger partial charge in [-0.1, -0.05) is 17.7 Å². The summed E-state index contributed by atoms with van der Waals surface area (Å²) >= 11 is 0. The quantitative estimate of drug-likeness (QED) is 0.625. The number of hydrogen-bond donors (Lipinski definition) is 2. The van der Waals surface area contributed by atoms with Crippen molar-refractivity contribution in [1.82, 2.24) is 14.3 Å². The molecule has 1 aliphatic heterocycles. The normalized spacial score (nSPS) is 19.2. The summed E-state index contributed by atoms with van der Waals surface area (Å²) in [6.45, 7) is 2.66. The third-order valence-corrected chi connectivity index (χ3v) is 7.02. The van der Waals surface area contributed by atoms with Gasteiger partial charge in [-0.2, -0.15) is 0 Å². The van der Waals surface area contributed by atoms with Gasteiger partial charge >= 0.3 is 0 Å². The standard InChI is InChI=1S/C16H25N3O5S2/c1-13-5-7-15(8-6-13)26(23,24)18-10-9-17-16(20)14-4-3-11-19(12-14)25(2,21)22/h5-8,14,18H,3-4,9-12H2,1-2H3,(H,17,20)/t14-/m0/s1. The van der Waals surface area contributed by atoms with Crippen LogP contribution in [0, 0.1) is 12.8 Å². The molecule has 10 heteroatoms. The number of carbonyl (C=O) groups is 1. The Balaban J connectivity index is 1.80. The number of carbonyl (C=O) groups excluding carboxylic acids is 1. The van der Waals surface area contributed by atoms with E-state index in [2.05, 4.69) is 10.0 Å². The molecule has 2 rings (SSSR count). The van der Waals surface area contributed by atoms with Gasteiger partial charge in [0.2, 0.25) is 26.0 Å². The number of benzene rings is 1. The Morgan fingerprint density at radius 2 is 1.81 bits per heavy atom. The molecule has 146 valence electrons. The van der Waals surface area contributed by atoms with Gasteiger partial charge in [-0.05, 0) is 31.9 Å². The average Bonchev–Trinajstić information content (AvgIpc) is 2.58. The maximum atomic E-state index is 12.2. The topological polar surface area (TPSA) is 113 Å². The van der Waals surface area contributed by atoms with E-state index in [4.69, 9.17) is 0 Å². The van der Waals surface area contributed by atoms with Crippen LogP contribution in [0.15, 0.2) is 29.2 Å². The molecule has 0 saturated carbocycles. The van der Waals surface area contributed by atoms with Crippen LogP contribution in [0.1, 0.15) is 18.4 Å². The molecule has 0 aliphatic carbocycles. The van der Waals surface area contributed by atoms with Gasteiger partial charge in [-0.25, -0.2) is 25.9 Å². The Kier molecular flexibility index (Phi) is 6.78. The number of rotatable bonds is 7. The van der Waals surface area contributed by atoms with Crippen LogP contribution in [0.25, 0.3) is 0 Å². The van der Waals surface area contributed by atoms with Gasteiger partial charge in [0.1, 0.15) is 0 Å². The number of aryl methyl sites for hydroxylation is 1. The Hall–Kier alpha value is -1.49. The van der Waals surface area contributed by atoms with Crippen molar-refractivity contribution in [2.75, 3.05) is 32.4 Å². The van der Waals surface area contributed by atoms with Gasteiger partial charge in [0.25, 0.3) is 0 Å². The maximum absolute atomic E-state index is 12.2. The van der Waals surface area contributed by atoms with E-state index < -0.39 is 26.0 Å². The second-order valence-corrected chi connectivity index (χ2v) is 10.2.